The van der Waals surface area contributed by atoms with Crippen LogP contribution in [-0.4, -0.2) is 39.4 Å². The number of hydrogen-bond donors (Lipinski definition) is 1. The Balaban J connectivity index is 0.00000117. The number of thioether (sulfide) groups is 2. The van der Waals surface area contributed by atoms with Crippen molar-refractivity contribution in [3.63, 3.8) is 0 Å². The van der Waals surface area contributed by atoms with E-state index in [4.69, 9.17) is 0 Å². The molecule has 0 saturated heterocycles. The average molecular weight is 424 g/mol. The summed E-state index contributed by atoms with van der Waals surface area (Å²) in [7, 11) is 1.87. The monoisotopic (exact) mass is 423 g/mol. The van der Waals surface area contributed by atoms with Gasteiger partial charge >= 0.3 is 0 Å². The normalized spacial score (nSPS) is 18.8. The van der Waals surface area contributed by atoms with Gasteiger partial charge < -0.3 is 5.32 Å². The van der Waals surface area contributed by atoms with Crippen molar-refractivity contribution < 1.29 is 0 Å². The van der Waals surface area contributed by atoms with Crippen molar-refractivity contribution in [1.29, 1.82) is 0 Å². The van der Waals surface area contributed by atoms with Crippen LogP contribution in [0.1, 0.15) is 12.5 Å². The molecule has 29 heavy (non-hydrogen) atoms. The van der Waals surface area contributed by atoms with Crippen LogP contribution in [0, 0.1) is 12.8 Å². The summed E-state index contributed by atoms with van der Waals surface area (Å²) in [6.45, 7) is 2.63. The Hall–Kier alpha value is -2.76. The molecule has 0 aromatic carbocycles. The molecule has 0 fully saturated rings. The number of allylic oxidation sites excluding steroid dienone is 2. The first-order valence-corrected chi connectivity index (χ1v) is 11.0. The number of anilines is 1. The van der Waals surface area contributed by atoms with Crippen LogP contribution < -0.4 is 10.9 Å². The van der Waals surface area contributed by atoms with E-state index in [9.17, 15) is 4.79 Å². The zero-order valence-corrected chi connectivity index (χ0v) is 17.9. The van der Waals surface area contributed by atoms with Crippen molar-refractivity contribution in [2.24, 2.45) is 4.99 Å². The van der Waals surface area contributed by atoms with E-state index in [2.05, 4.69) is 39.2 Å². The molecule has 1 N–H and O–H groups in total. The maximum atomic E-state index is 13.3. The van der Waals surface area contributed by atoms with Crippen molar-refractivity contribution in [1.82, 2.24) is 14.5 Å². The Bertz CT molecular complexity index is 1070. The molecule has 2 aromatic rings. The van der Waals surface area contributed by atoms with Gasteiger partial charge in [-0.05, 0) is 24.6 Å². The Labute approximate surface area is 178 Å². The highest BCUT2D eigenvalue weighted by molar-refractivity contribution is 8.12. The van der Waals surface area contributed by atoms with Crippen LogP contribution in [0.4, 0.5) is 5.69 Å². The van der Waals surface area contributed by atoms with Gasteiger partial charge in [0.25, 0.3) is 5.56 Å². The summed E-state index contributed by atoms with van der Waals surface area (Å²) >= 11 is 3.19. The SMILES string of the molecule is C#C.CNc1ccnc2c1-c1ncn(C3=C/CSC=NC/C=C\3C)c(=O)c1CS2. The number of aliphatic imine (C=N–C) groups is 1. The zero-order chi connectivity index (χ0) is 20.8. The molecule has 148 valence electrons. The standard InChI is InChI=1S/C19H19N5OS2.C2H2/c1-12-3-6-21-11-26-8-5-15(12)24-10-23-17-13(19(24)25)9-27-18-16(17)14(20-2)4-7-22-18;1-2/h3-5,7,10-11H,6,8-9H2,1-2H3,(H,20,22);1-2H/b12-3-,15-5+,21-11?;. The van der Waals surface area contributed by atoms with Crippen molar-refractivity contribution in [3.8, 4) is 24.1 Å². The molecule has 2 aromatic heterocycles. The Kier molecular flexibility index (Phi) is 6.96. The number of rotatable bonds is 2. The lowest BCUT2D eigenvalue weighted by Crippen LogP contribution is -2.26. The van der Waals surface area contributed by atoms with Crippen LogP contribution >= 0.6 is 23.5 Å². The van der Waals surface area contributed by atoms with Crippen LogP contribution in [0.25, 0.3) is 17.0 Å². The quantitative estimate of drug-likeness (QED) is 0.742. The number of pyridine rings is 1. The Morgan fingerprint density at radius 1 is 1.24 bits per heavy atom. The van der Waals surface area contributed by atoms with E-state index >= 15 is 0 Å². The molecular formula is C21H21N5OS2. The molecule has 0 spiro atoms. The molecule has 0 bridgehead atoms. The number of hydrogen-bond acceptors (Lipinski definition) is 7. The van der Waals surface area contributed by atoms with E-state index < -0.39 is 0 Å². The highest BCUT2D eigenvalue weighted by Crippen LogP contribution is 2.41. The van der Waals surface area contributed by atoms with Gasteiger partial charge in [-0.1, -0.05) is 6.08 Å². The fourth-order valence-electron chi connectivity index (χ4n) is 3.15. The molecule has 6 nitrogen and oxygen atoms in total. The summed E-state index contributed by atoms with van der Waals surface area (Å²) in [5.74, 6) is 1.34. The number of fused-ring (bicyclic) bond motifs is 3. The van der Waals surface area contributed by atoms with Crippen LogP contribution in [0.2, 0.25) is 0 Å². The third-order valence-corrected chi connectivity index (χ3v) is 6.20. The minimum absolute atomic E-state index is 0.0202. The minimum atomic E-state index is -0.0202. The van der Waals surface area contributed by atoms with E-state index in [0.717, 1.165) is 44.6 Å². The zero-order valence-electron chi connectivity index (χ0n) is 16.3. The Morgan fingerprint density at radius 3 is 2.86 bits per heavy atom. The molecule has 0 unspecified atom stereocenters. The highest BCUT2D eigenvalue weighted by atomic mass is 32.2. The van der Waals surface area contributed by atoms with Gasteiger partial charge in [-0.2, -0.15) is 0 Å². The number of aromatic nitrogens is 3. The predicted molar refractivity (Wildman–Crippen MR) is 125 cm³/mol. The van der Waals surface area contributed by atoms with Gasteiger partial charge in [-0.3, -0.25) is 14.4 Å². The lowest BCUT2D eigenvalue weighted by molar-refractivity contribution is 0.921. The second-order valence-corrected chi connectivity index (χ2v) is 7.95. The maximum absolute atomic E-state index is 13.3. The number of nitrogens with one attached hydrogen (secondary N) is 1. The molecule has 0 atom stereocenters. The highest BCUT2D eigenvalue weighted by Gasteiger charge is 2.25. The van der Waals surface area contributed by atoms with Gasteiger partial charge in [0.15, 0.2) is 0 Å². The number of terminal acetylenes is 1. The van der Waals surface area contributed by atoms with Crippen molar-refractivity contribution in [2.45, 2.75) is 17.7 Å². The second kappa shape index (κ2) is 9.63. The summed E-state index contributed by atoms with van der Waals surface area (Å²) in [5, 5.41) is 4.09. The molecule has 0 radical (unpaired) electrons. The molecule has 0 saturated carbocycles. The van der Waals surface area contributed by atoms with Crippen LogP contribution in [-0.2, 0) is 5.75 Å². The fraction of sp³-hybridized carbons (Fsp3) is 0.238. The lowest BCUT2D eigenvalue weighted by atomic mass is 10.1. The van der Waals surface area contributed by atoms with Gasteiger partial charge in [0.05, 0.1) is 28.9 Å². The average Bonchev–Trinajstić information content (AvgIpc) is 2.87. The molecule has 2 aliphatic heterocycles. The third kappa shape index (κ3) is 4.16. The Morgan fingerprint density at radius 2 is 2.07 bits per heavy atom. The smallest absolute Gasteiger partial charge is 0.262 e. The minimum Gasteiger partial charge on any atom is -0.387 e. The van der Waals surface area contributed by atoms with Crippen LogP contribution in [0.5, 0.6) is 0 Å². The molecule has 0 amide bonds. The lowest BCUT2D eigenvalue weighted by Gasteiger charge is -2.21. The van der Waals surface area contributed by atoms with Gasteiger partial charge in [0.1, 0.15) is 11.4 Å². The van der Waals surface area contributed by atoms with Crippen molar-refractivity contribution >= 4 is 40.5 Å². The molecule has 4 rings (SSSR count). The van der Waals surface area contributed by atoms with E-state index in [1.807, 2.05) is 31.7 Å². The van der Waals surface area contributed by atoms with Gasteiger partial charge in [-0.15, -0.1) is 36.4 Å². The second-order valence-electron chi connectivity index (χ2n) is 6.10. The van der Waals surface area contributed by atoms with E-state index in [1.54, 1.807) is 40.6 Å². The summed E-state index contributed by atoms with van der Waals surface area (Å²) in [5.41, 5.74) is 7.04. The van der Waals surface area contributed by atoms with Crippen LogP contribution in [0.3, 0.4) is 0 Å². The first-order chi connectivity index (χ1) is 14.2. The van der Waals surface area contributed by atoms with Gasteiger partial charge in [-0.25, -0.2) is 9.97 Å². The third-order valence-electron chi connectivity index (χ3n) is 4.53. The van der Waals surface area contributed by atoms with Crippen molar-refractivity contribution in [2.75, 3.05) is 24.7 Å². The van der Waals surface area contributed by atoms with E-state index in [0.29, 0.717) is 12.3 Å². The van der Waals surface area contributed by atoms with Gasteiger partial charge in [0, 0.05) is 36.1 Å². The first kappa shape index (κ1) is 21.0. The van der Waals surface area contributed by atoms with Gasteiger partial charge in [0.2, 0.25) is 0 Å². The molecule has 2 aliphatic rings. The summed E-state index contributed by atoms with van der Waals surface area (Å²) in [6.07, 6.45) is 15.5. The maximum Gasteiger partial charge on any atom is 0.262 e. The van der Waals surface area contributed by atoms with E-state index in [1.165, 1.54) is 0 Å². The molecule has 8 heteroatoms. The van der Waals surface area contributed by atoms with Crippen LogP contribution in [0.15, 0.2) is 51.1 Å². The summed E-state index contributed by atoms with van der Waals surface area (Å²) in [6, 6.07) is 1.91. The topological polar surface area (TPSA) is 72.2 Å². The van der Waals surface area contributed by atoms with E-state index in [-0.39, 0.29) is 5.56 Å². The molecule has 0 aliphatic carbocycles. The molecular weight excluding hydrogens is 402 g/mol. The van der Waals surface area contributed by atoms with Crippen molar-refractivity contribution in [3.05, 3.63) is 52.2 Å². The molecule has 4 heterocycles. The summed E-state index contributed by atoms with van der Waals surface area (Å²) in [4.78, 5) is 26.8. The first-order valence-electron chi connectivity index (χ1n) is 8.92. The largest absolute Gasteiger partial charge is 0.387 e. The predicted octanol–water partition coefficient (Wildman–Crippen LogP) is 3.76. The fourth-order valence-corrected chi connectivity index (χ4v) is 4.71. The summed E-state index contributed by atoms with van der Waals surface area (Å²) < 4.78 is 1.66. The number of nitrogens with zero attached hydrogens (tertiary/aromatic N) is 4.